The van der Waals surface area contributed by atoms with E-state index in [1.807, 2.05) is 30.3 Å². The Morgan fingerprint density at radius 2 is 0.915 bits per heavy atom. The first kappa shape index (κ1) is 33.1. The van der Waals surface area contributed by atoms with Gasteiger partial charge in [0.15, 0.2) is 0 Å². The molecule has 4 nitrogen and oxygen atoms in total. The molecule has 0 unspecified atom stereocenters. The molecule has 12 rings (SSSR count). The first-order valence-electron chi connectivity index (χ1n) is 19.9. The van der Waals surface area contributed by atoms with E-state index in [9.17, 15) is 5.26 Å². The van der Waals surface area contributed by atoms with E-state index < -0.39 is 0 Å². The minimum absolute atomic E-state index is 0.624. The molecular formula is C55H33N3O. The third-order valence-corrected chi connectivity index (χ3v) is 12.0. The molecule has 0 aliphatic carbocycles. The molecule has 12 aromatic rings. The van der Waals surface area contributed by atoms with Crippen LogP contribution in [0.3, 0.4) is 0 Å². The van der Waals surface area contributed by atoms with Crippen molar-refractivity contribution >= 4 is 65.6 Å². The summed E-state index contributed by atoms with van der Waals surface area (Å²) in [6, 6.07) is 73.2. The number of rotatable bonds is 5. The lowest BCUT2D eigenvalue weighted by Gasteiger charge is -2.10. The van der Waals surface area contributed by atoms with Crippen molar-refractivity contribution in [2.45, 2.75) is 0 Å². The van der Waals surface area contributed by atoms with Gasteiger partial charge < -0.3 is 13.6 Å². The molecule has 0 aliphatic heterocycles. The van der Waals surface area contributed by atoms with Crippen molar-refractivity contribution in [2.24, 2.45) is 0 Å². The second kappa shape index (κ2) is 13.0. The summed E-state index contributed by atoms with van der Waals surface area (Å²) in [5.74, 6) is 0. The lowest BCUT2D eigenvalue weighted by Crippen LogP contribution is -1.94. The zero-order valence-corrected chi connectivity index (χ0v) is 31.8. The zero-order valence-electron chi connectivity index (χ0n) is 31.8. The van der Waals surface area contributed by atoms with Crippen LogP contribution in [0.15, 0.2) is 205 Å². The monoisotopic (exact) mass is 751 g/mol. The van der Waals surface area contributed by atoms with Crippen LogP contribution >= 0.6 is 0 Å². The van der Waals surface area contributed by atoms with Crippen molar-refractivity contribution in [2.75, 3.05) is 0 Å². The molecule has 0 radical (unpaired) electrons. The lowest BCUT2D eigenvalue weighted by molar-refractivity contribution is 0.670. The fourth-order valence-corrected chi connectivity index (χ4v) is 9.20. The third kappa shape index (κ3) is 5.16. The summed E-state index contributed by atoms with van der Waals surface area (Å²) in [7, 11) is 0. The summed E-state index contributed by atoms with van der Waals surface area (Å²) >= 11 is 0. The SMILES string of the molecule is N#Cc1cccc(-n2c3ccc(-c4ccc(-c5ccc6c(c5)c5ccccc5n6-c5ccccc5)cc4)cc3c3ccc(-c4cccc5c4oc4ccccc45)cc32)c1. The van der Waals surface area contributed by atoms with Crippen molar-refractivity contribution in [1.29, 1.82) is 5.26 Å². The molecule has 3 heterocycles. The molecule has 0 amide bonds. The molecule has 3 aromatic heterocycles. The molecular weight excluding hydrogens is 719 g/mol. The molecule has 0 saturated heterocycles. The Hall–Kier alpha value is -8.13. The van der Waals surface area contributed by atoms with E-state index in [4.69, 9.17) is 4.42 Å². The van der Waals surface area contributed by atoms with Crippen LogP contribution in [0.25, 0.3) is 110 Å². The minimum atomic E-state index is 0.624. The van der Waals surface area contributed by atoms with Crippen LogP contribution in [0.5, 0.6) is 0 Å². The van der Waals surface area contributed by atoms with Crippen LogP contribution < -0.4 is 0 Å². The molecule has 9 aromatic carbocycles. The van der Waals surface area contributed by atoms with Crippen LogP contribution in [-0.4, -0.2) is 9.13 Å². The second-order valence-corrected chi connectivity index (χ2v) is 15.2. The topological polar surface area (TPSA) is 46.8 Å². The average Bonchev–Trinajstić information content (AvgIpc) is 3.96. The number of benzene rings is 9. The molecule has 59 heavy (non-hydrogen) atoms. The molecule has 274 valence electrons. The molecule has 0 atom stereocenters. The summed E-state index contributed by atoms with van der Waals surface area (Å²) in [6.45, 7) is 0. The van der Waals surface area contributed by atoms with E-state index in [0.29, 0.717) is 5.56 Å². The molecule has 4 heteroatoms. The van der Waals surface area contributed by atoms with Crippen LogP contribution in [0, 0.1) is 11.3 Å². The van der Waals surface area contributed by atoms with E-state index in [1.54, 1.807) is 0 Å². The van der Waals surface area contributed by atoms with Gasteiger partial charge in [0.1, 0.15) is 11.2 Å². The van der Waals surface area contributed by atoms with Gasteiger partial charge in [0.25, 0.3) is 0 Å². The van der Waals surface area contributed by atoms with E-state index in [-0.39, 0.29) is 0 Å². The maximum Gasteiger partial charge on any atom is 0.143 e. The van der Waals surface area contributed by atoms with Crippen LogP contribution in [-0.2, 0) is 0 Å². The summed E-state index contributed by atoms with van der Waals surface area (Å²) < 4.78 is 11.1. The highest BCUT2D eigenvalue weighted by Crippen LogP contribution is 2.41. The fourth-order valence-electron chi connectivity index (χ4n) is 9.20. The van der Waals surface area contributed by atoms with Gasteiger partial charge in [0.2, 0.25) is 0 Å². The summed E-state index contributed by atoms with van der Waals surface area (Å²) in [6.07, 6.45) is 0. The van der Waals surface area contributed by atoms with Gasteiger partial charge in [-0.1, -0.05) is 127 Å². The van der Waals surface area contributed by atoms with Gasteiger partial charge in [-0.2, -0.15) is 5.26 Å². The molecule has 0 fully saturated rings. The number of nitrogens with zero attached hydrogens (tertiary/aromatic N) is 3. The number of aromatic nitrogens is 2. The Bertz CT molecular complexity index is 3670. The number of nitriles is 1. The fraction of sp³-hybridized carbons (Fsp3) is 0. The highest BCUT2D eigenvalue weighted by molar-refractivity contribution is 6.14. The average molecular weight is 752 g/mol. The molecule has 0 N–H and O–H groups in total. The Labute approximate surface area is 339 Å². The summed E-state index contributed by atoms with van der Waals surface area (Å²) in [5, 5.41) is 16.9. The van der Waals surface area contributed by atoms with Gasteiger partial charge in [0, 0.05) is 49.3 Å². The molecule has 0 spiro atoms. The first-order chi connectivity index (χ1) is 29.2. The van der Waals surface area contributed by atoms with Gasteiger partial charge in [-0.3, -0.25) is 0 Å². The highest BCUT2D eigenvalue weighted by Gasteiger charge is 2.18. The van der Waals surface area contributed by atoms with Gasteiger partial charge in [0.05, 0.1) is 33.7 Å². The minimum Gasteiger partial charge on any atom is -0.455 e. The van der Waals surface area contributed by atoms with Crippen molar-refractivity contribution in [3.05, 3.63) is 206 Å². The van der Waals surface area contributed by atoms with Crippen LogP contribution in [0.4, 0.5) is 0 Å². The Morgan fingerprint density at radius 3 is 1.66 bits per heavy atom. The first-order valence-corrected chi connectivity index (χ1v) is 19.9. The predicted molar refractivity (Wildman–Crippen MR) is 243 cm³/mol. The number of fused-ring (bicyclic) bond motifs is 9. The number of hydrogen-bond donors (Lipinski definition) is 0. The predicted octanol–water partition coefficient (Wildman–Crippen LogP) is 14.7. The van der Waals surface area contributed by atoms with E-state index in [1.165, 1.54) is 32.9 Å². The number of hydrogen-bond acceptors (Lipinski definition) is 2. The van der Waals surface area contributed by atoms with E-state index in [0.717, 1.165) is 77.4 Å². The Kier molecular flexibility index (Phi) is 7.26. The van der Waals surface area contributed by atoms with Crippen molar-refractivity contribution in [1.82, 2.24) is 9.13 Å². The summed E-state index contributed by atoms with van der Waals surface area (Å²) in [5.41, 5.74) is 15.8. The van der Waals surface area contributed by atoms with Gasteiger partial charge in [-0.05, 0) is 101 Å². The number of furan rings is 1. The Balaban J connectivity index is 0.970. The van der Waals surface area contributed by atoms with E-state index >= 15 is 0 Å². The van der Waals surface area contributed by atoms with Gasteiger partial charge in [-0.15, -0.1) is 0 Å². The largest absolute Gasteiger partial charge is 0.455 e. The van der Waals surface area contributed by atoms with Crippen molar-refractivity contribution < 1.29 is 4.42 Å². The molecule has 0 saturated carbocycles. The van der Waals surface area contributed by atoms with Crippen molar-refractivity contribution in [3.63, 3.8) is 0 Å². The molecule has 0 aliphatic rings. The second-order valence-electron chi connectivity index (χ2n) is 15.2. The standard InChI is InChI=1S/C55H33N3O/c56-34-35-10-8-13-42(30-35)58-52-29-26-39(32-49(52)45-27-24-40(33-53(45)58)43-16-9-17-47-46-15-5-7-19-54(46)59-55(43)47)37-22-20-36(21-23-37)38-25-28-51-48(31-38)44-14-4-6-18-50(44)57(51)41-11-2-1-3-12-41/h1-33H. The van der Waals surface area contributed by atoms with Gasteiger partial charge >= 0.3 is 0 Å². The zero-order chi connectivity index (χ0) is 39.0. The third-order valence-electron chi connectivity index (χ3n) is 12.0. The summed E-state index contributed by atoms with van der Waals surface area (Å²) in [4.78, 5) is 0. The van der Waals surface area contributed by atoms with Crippen molar-refractivity contribution in [3.8, 4) is 50.8 Å². The van der Waals surface area contributed by atoms with Gasteiger partial charge in [-0.25, -0.2) is 0 Å². The molecule has 0 bridgehead atoms. The van der Waals surface area contributed by atoms with Crippen LogP contribution in [0.1, 0.15) is 5.56 Å². The maximum absolute atomic E-state index is 9.86. The van der Waals surface area contributed by atoms with Crippen LogP contribution in [0.2, 0.25) is 0 Å². The van der Waals surface area contributed by atoms with E-state index in [2.05, 4.69) is 185 Å². The Morgan fingerprint density at radius 1 is 0.356 bits per heavy atom. The normalized spacial score (nSPS) is 11.7. The lowest BCUT2D eigenvalue weighted by atomic mass is 9.97. The number of para-hydroxylation sites is 4. The maximum atomic E-state index is 9.86. The highest BCUT2D eigenvalue weighted by atomic mass is 16.3. The quantitative estimate of drug-likeness (QED) is 0.176. The smallest absolute Gasteiger partial charge is 0.143 e.